The number of H-pyrrole nitrogens is 1. The third kappa shape index (κ3) is 5.86. The first kappa shape index (κ1) is 31.0. The Morgan fingerprint density at radius 2 is 1.34 bits per heavy atom. The molecule has 5 rings (SSSR count). The monoisotopic (exact) mass is 615 g/mol. The molecule has 0 bridgehead atoms. The van der Waals surface area contributed by atoms with Gasteiger partial charge in [-0.05, 0) is 30.2 Å². The second kappa shape index (κ2) is 11.9. The summed E-state index contributed by atoms with van der Waals surface area (Å²) in [6.45, 7) is 1.11. The molecule has 3 unspecified atom stereocenters. The lowest BCUT2D eigenvalue weighted by molar-refractivity contribution is -0.138. The molecule has 2 heterocycles. The highest BCUT2D eigenvalue weighted by atomic mass is 19.4. The number of para-hydroxylation sites is 1. The van der Waals surface area contributed by atoms with Gasteiger partial charge in [-0.25, -0.2) is 0 Å². The van der Waals surface area contributed by atoms with Crippen LogP contribution in [0.2, 0.25) is 0 Å². The molecule has 0 spiro atoms. The summed E-state index contributed by atoms with van der Waals surface area (Å²) in [4.78, 5) is 45.5. The highest BCUT2D eigenvalue weighted by Crippen LogP contribution is 2.36. The topological polar surface area (TPSA) is 82.3 Å². The average Bonchev–Trinajstić information content (AvgIpc) is 3.41. The van der Waals surface area contributed by atoms with E-state index in [0.717, 1.165) is 52.2 Å². The molecule has 44 heavy (non-hydrogen) atoms. The number of nitrogens with one attached hydrogen (secondary N) is 2. The zero-order valence-corrected chi connectivity index (χ0v) is 23.3. The Balaban J connectivity index is 1.65. The summed E-state index contributed by atoms with van der Waals surface area (Å²) in [5.74, 6) is -2.93. The molecule has 3 atom stereocenters. The van der Waals surface area contributed by atoms with E-state index in [1.807, 2.05) is 12.1 Å². The van der Waals surface area contributed by atoms with E-state index in [1.165, 1.54) is 19.1 Å². The number of piperazine rings is 1. The van der Waals surface area contributed by atoms with Crippen LogP contribution in [-0.4, -0.2) is 52.0 Å². The molecule has 230 valence electrons. The van der Waals surface area contributed by atoms with Crippen molar-refractivity contribution in [1.82, 2.24) is 15.2 Å². The van der Waals surface area contributed by atoms with E-state index < -0.39 is 70.2 Å². The van der Waals surface area contributed by atoms with Crippen molar-refractivity contribution < 1.29 is 40.7 Å². The van der Waals surface area contributed by atoms with Gasteiger partial charge in [-0.2, -0.15) is 26.3 Å². The Morgan fingerprint density at radius 1 is 0.795 bits per heavy atom. The number of nitrogens with zero attached hydrogens (tertiary/aromatic N) is 1. The minimum atomic E-state index is -4.92. The van der Waals surface area contributed by atoms with Crippen LogP contribution in [0.1, 0.15) is 50.8 Å². The number of hydrogen-bond donors (Lipinski definition) is 2. The maximum Gasteiger partial charge on any atom is 0.417 e. The maximum absolute atomic E-state index is 14.2. The van der Waals surface area contributed by atoms with Crippen LogP contribution in [0.5, 0.6) is 0 Å². The number of aromatic amines is 1. The lowest BCUT2D eigenvalue weighted by atomic mass is 9.84. The summed E-state index contributed by atoms with van der Waals surface area (Å²) in [5, 5.41) is 3.82. The van der Waals surface area contributed by atoms with E-state index in [4.69, 9.17) is 0 Å². The molecule has 1 fully saturated rings. The zero-order valence-electron chi connectivity index (χ0n) is 23.3. The molecule has 1 aliphatic heterocycles. The van der Waals surface area contributed by atoms with Gasteiger partial charge in [0.2, 0.25) is 5.91 Å². The quantitative estimate of drug-likeness (QED) is 0.185. The van der Waals surface area contributed by atoms with Gasteiger partial charge < -0.3 is 15.2 Å². The van der Waals surface area contributed by atoms with Gasteiger partial charge in [0.25, 0.3) is 0 Å². The molecule has 1 aliphatic rings. The summed E-state index contributed by atoms with van der Waals surface area (Å²) < 4.78 is 83.7. The van der Waals surface area contributed by atoms with Crippen LogP contribution in [0.25, 0.3) is 10.9 Å². The first-order chi connectivity index (χ1) is 20.8. The molecule has 0 saturated carbocycles. The third-order valence-corrected chi connectivity index (χ3v) is 7.86. The molecule has 0 aliphatic carbocycles. The van der Waals surface area contributed by atoms with Gasteiger partial charge in [0, 0.05) is 47.2 Å². The number of alkyl halides is 6. The van der Waals surface area contributed by atoms with Crippen molar-refractivity contribution >= 4 is 28.4 Å². The Kier molecular flexibility index (Phi) is 8.39. The van der Waals surface area contributed by atoms with Crippen LogP contribution in [0.3, 0.4) is 0 Å². The number of carbonyl (C=O) groups excluding carboxylic acids is 3. The number of ketones is 2. The van der Waals surface area contributed by atoms with E-state index in [0.29, 0.717) is 5.56 Å². The van der Waals surface area contributed by atoms with Gasteiger partial charge >= 0.3 is 12.4 Å². The molecule has 6 nitrogen and oxygen atoms in total. The summed E-state index contributed by atoms with van der Waals surface area (Å²) in [5.41, 5.74) is -2.42. The first-order valence-corrected chi connectivity index (χ1v) is 13.8. The fraction of sp³-hybridized carbons (Fsp3) is 0.281. The van der Waals surface area contributed by atoms with Crippen LogP contribution in [0.15, 0.2) is 79.0 Å². The fourth-order valence-corrected chi connectivity index (χ4v) is 5.85. The molecule has 3 aromatic carbocycles. The normalized spacial score (nSPS) is 19.2. The van der Waals surface area contributed by atoms with Crippen molar-refractivity contribution in [2.24, 2.45) is 0 Å². The number of aromatic nitrogens is 1. The van der Waals surface area contributed by atoms with Crippen molar-refractivity contribution in [3.63, 3.8) is 0 Å². The van der Waals surface area contributed by atoms with Gasteiger partial charge in [0.15, 0.2) is 11.6 Å². The highest BCUT2D eigenvalue weighted by molar-refractivity contribution is 6.08. The molecule has 0 radical (unpaired) electrons. The second-order valence-corrected chi connectivity index (χ2v) is 10.5. The Labute approximate surface area is 248 Å². The van der Waals surface area contributed by atoms with Crippen LogP contribution in [-0.2, 0) is 23.6 Å². The second-order valence-electron chi connectivity index (χ2n) is 10.5. The number of fused-ring (bicyclic) bond motifs is 1. The Bertz CT molecular complexity index is 1710. The van der Waals surface area contributed by atoms with Gasteiger partial charge in [0.05, 0.1) is 11.1 Å². The van der Waals surface area contributed by atoms with E-state index in [2.05, 4.69) is 10.3 Å². The van der Waals surface area contributed by atoms with Crippen molar-refractivity contribution in [3.8, 4) is 0 Å². The summed E-state index contributed by atoms with van der Waals surface area (Å²) in [7, 11) is 0. The van der Waals surface area contributed by atoms with Crippen LogP contribution >= 0.6 is 0 Å². The predicted molar refractivity (Wildman–Crippen MR) is 150 cm³/mol. The largest absolute Gasteiger partial charge is 0.417 e. The smallest absolute Gasteiger partial charge is 0.361 e. The minimum absolute atomic E-state index is 0.0577. The molecular weight excluding hydrogens is 588 g/mol. The van der Waals surface area contributed by atoms with Gasteiger partial charge in [0.1, 0.15) is 12.1 Å². The molecule has 1 saturated heterocycles. The number of rotatable bonds is 7. The molecular formula is C32H27F6N3O3. The van der Waals surface area contributed by atoms with Crippen molar-refractivity contribution in [2.45, 2.75) is 50.2 Å². The van der Waals surface area contributed by atoms with Crippen LogP contribution < -0.4 is 5.32 Å². The lowest BCUT2D eigenvalue weighted by Crippen LogP contribution is -2.69. The standard InChI is InChI=1S/C32H27F6N3O3/c1-2-27(42)41-26(29(43)20-10-3-6-12-22(20)31(33,34)35)17-40-25(15-18-16-39-24-14-8-5-9-19(18)24)28(41)30(44)21-11-4-7-13-23(21)32(36,37)38/h3-14,16,25-26,28,39-40H,2,15,17H2,1H3. The zero-order chi connectivity index (χ0) is 31.8. The molecule has 4 aromatic rings. The molecule has 12 heteroatoms. The Hall–Kier alpha value is -4.45. The van der Waals surface area contributed by atoms with E-state index >= 15 is 0 Å². The van der Waals surface area contributed by atoms with E-state index in [1.54, 1.807) is 18.3 Å². The third-order valence-electron chi connectivity index (χ3n) is 7.86. The number of hydrogen-bond acceptors (Lipinski definition) is 4. The summed E-state index contributed by atoms with van der Waals surface area (Å²) in [6.07, 6.45) is -8.33. The minimum Gasteiger partial charge on any atom is -0.361 e. The number of halogens is 6. The fourth-order valence-electron chi connectivity index (χ4n) is 5.85. The SMILES string of the molecule is CCC(=O)N1C(C(=O)c2ccccc2C(F)(F)F)CNC(Cc2c[nH]c3ccccc23)C1C(=O)c1ccccc1C(F)(F)F. The number of benzene rings is 3. The average molecular weight is 616 g/mol. The molecule has 1 aromatic heterocycles. The van der Waals surface area contributed by atoms with E-state index in [9.17, 15) is 40.7 Å². The van der Waals surface area contributed by atoms with Crippen LogP contribution in [0, 0.1) is 0 Å². The lowest BCUT2D eigenvalue weighted by Gasteiger charge is -2.46. The first-order valence-electron chi connectivity index (χ1n) is 13.8. The highest BCUT2D eigenvalue weighted by Gasteiger charge is 2.49. The van der Waals surface area contributed by atoms with E-state index in [-0.39, 0.29) is 19.4 Å². The maximum atomic E-state index is 14.2. The Morgan fingerprint density at radius 3 is 1.93 bits per heavy atom. The number of amides is 1. The van der Waals surface area contributed by atoms with Crippen molar-refractivity contribution in [1.29, 1.82) is 0 Å². The molecule has 1 amide bonds. The molecule has 2 N–H and O–H groups in total. The summed E-state index contributed by atoms with van der Waals surface area (Å²) in [6, 6.07) is 11.2. The van der Waals surface area contributed by atoms with Crippen molar-refractivity contribution in [3.05, 3.63) is 107 Å². The summed E-state index contributed by atoms with van der Waals surface area (Å²) >= 11 is 0. The number of carbonyl (C=O) groups is 3. The van der Waals surface area contributed by atoms with Crippen molar-refractivity contribution in [2.75, 3.05) is 6.54 Å². The van der Waals surface area contributed by atoms with Gasteiger partial charge in [-0.1, -0.05) is 61.5 Å². The van der Waals surface area contributed by atoms with Gasteiger partial charge in [-0.3, -0.25) is 14.4 Å². The predicted octanol–water partition coefficient (Wildman–Crippen LogP) is 6.46. The number of Topliss-reactive ketones (excluding diaryl/α,β-unsaturated/α-hetero) is 2. The van der Waals surface area contributed by atoms with Gasteiger partial charge in [-0.15, -0.1) is 0 Å². The van der Waals surface area contributed by atoms with Crippen LogP contribution in [0.4, 0.5) is 26.3 Å².